The van der Waals surface area contributed by atoms with E-state index in [1.54, 1.807) is 0 Å². The lowest BCUT2D eigenvalue weighted by molar-refractivity contribution is 0.0501. The van der Waals surface area contributed by atoms with Crippen molar-refractivity contribution in [3.05, 3.63) is 35.7 Å². The fourth-order valence-electron chi connectivity index (χ4n) is 3.09. The van der Waals surface area contributed by atoms with Crippen LogP contribution in [0, 0.1) is 12.8 Å². The molecule has 1 fully saturated rings. The monoisotopic (exact) mass is 328 g/mol. The van der Waals surface area contributed by atoms with Gasteiger partial charge in [-0.2, -0.15) is 5.10 Å². The molecule has 1 aromatic carbocycles. The summed E-state index contributed by atoms with van der Waals surface area (Å²) in [4.78, 5) is 19.0. The van der Waals surface area contributed by atoms with Gasteiger partial charge in [0, 0.05) is 30.8 Å². The van der Waals surface area contributed by atoms with E-state index in [9.17, 15) is 4.79 Å². The number of carbonyl (C=O) groups excluding carboxylic acids is 1. The molecule has 3 rings (SSSR count). The Kier molecular flexibility index (Phi) is 5.25. The predicted octanol–water partition coefficient (Wildman–Crippen LogP) is 2.67. The number of hydrogen-bond acceptors (Lipinski definition) is 4. The zero-order valence-electron chi connectivity index (χ0n) is 14.3. The Hall–Kier alpha value is -2.21. The van der Waals surface area contributed by atoms with E-state index in [2.05, 4.69) is 15.2 Å². The molecule has 1 N–H and O–H groups in total. The minimum absolute atomic E-state index is 0.0916. The lowest BCUT2D eigenvalue weighted by Crippen LogP contribution is -2.41. The van der Waals surface area contributed by atoms with Gasteiger partial charge in [-0.05, 0) is 44.7 Å². The molecule has 0 unspecified atom stereocenters. The molecule has 0 radical (unpaired) electrons. The van der Waals surface area contributed by atoms with E-state index in [0.717, 1.165) is 50.5 Å². The minimum Gasteiger partial charge on any atom is -0.381 e. The summed E-state index contributed by atoms with van der Waals surface area (Å²) in [6.45, 7) is 6.94. The SMILES string of the molecule is CCOC[C@@H]1CCCN(C(=O)c2ccc(-c3n[nH]c(C)n3)cc2)C1. The van der Waals surface area contributed by atoms with Crippen molar-refractivity contribution in [2.45, 2.75) is 26.7 Å². The minimum atomic E-state index is 0.0916. The van der Waals surface area contributed by atoms with E-state index in [4.69, 9.17) is 4.74 Å². The number of aromatic nitrogens is 3. The van der Waals surface area contributed by atoms with Gasteiger partial charge in [-0.1, -0.05) is 12.1 Å². The summed E-state index contributed by atoms with van der Waals surface area (Å²) in [5, 5.41) is 6.97. The van der Waals surface area contributed by atoms with Crippen molar-refractivity contribution in [3.8, 4) is 11.4 Å². The zero-order valence-corrected chi connectivity index (χ0v) is 14.3. The first-order valence-electron chi connectivity index (χ1n) is 8.54. The Morgan fingerprint density at radius 3 is 2.83 bits per heavy atom. The largest absolute Gasteiger partial charge is 0.381 e. The van der Waals surface area contributed by atoms with Crippen LogP contribution in [0.3, 0.4) is 0 Å². The van der Waals surface area contributed by atoms with Crippen LogP contribution in [0.1, 0.15) is 35.9 Å². The second-order valence-electron chi connectivity index (χ2n) is 6.24. The predicted molar refractivity (Wildman–Crippen MR) is 91.7 cm³/mol. The van der Waals surface area contributed by atoms with Crippen molar-refractivity contribution < 1.29 is 9.53 Å². The van der Waals surface area contributed by atoms with Gasteiger partial charge in [0.2, 0.25) is 0 Å². The first-order chi connectivity index (χ1) is 11.7. The fourth-order valence-corrected chi connectivity index (χ4v) is 3.09. The van der Waals surface area contributed by atoms with Crippen molar-refractivity contribution in [1.29, 1.82) is 0 Å². The van der Waals surface area contributed by atoms with Crippen molar-refractivity contribution in [3.63, 3.8) is 0 Å². The average molecular weight is 328 g/mol. The fraction of sp³-hybridized carbons (Fsp3) is 0.500. The Labute approximate surface area is 142 Å². The number of carbonyl (C=O) groups is 1. The van der Waals surface area contributed by atoms with Crippen molar-refractivity contribution in [1.82, 2.24) is 20.1 Å². The van der Waals surface area contributed by atoms with E-state index in [1.165, 1.54) is 0 Å². The Balaban J connectivity index is 1.66. The van der Waals surface area contributed by atoms with Gasteiger partial charge in [0.05, 0.1) is 6.61 Å². The summed E-state index contributed by atoms with van der Waals surface area (Å²) in [6, 6.07) is 7.51. The molecular formula is C18H24N4O2. The molecule has 6 nitrogen and oxygen atoms in total. The molecule has 1 atom stereocenters. The number of piperidine rings is 1. The van der Waals surface area contributed by atoms with E-state index in [0.29, 0.717) is 17.3 Å². The molecule has 0 spiro atoms. The molecule has 1 aliphatic heterocycles. The highest BCUT2D eigenvalue weighted by Crippen LogP contribution is 2.21. The highest BCUT2D eigenvalue weighted by Gasteiger charge is 2.24. The number of likely N-dealkylation sites (tertiary alicyclic amines) is 1. The highest BCUT2D eigenvalue weighted by molar-refractivity contribution is 5.94. The summed E-state index contributed by atoms with van der Waals surface area (Å²) < 4.78 is 5.52. The highest BCUT2D eigenvalue weighted by atomic mass is 16.5. The van der Waals surface area contributed by atoms with Gasteiger partial charge in [-0.15, -0.1) is 0 Å². The third-order valence-electron chi connectivity index (χ3n) is 4.35. The lowest BCUT2D eigenvalue weighted by atomic mass is 9.98. The molecule has 6 heteroatoms. The van der Waals surface area contributed by atoms with Crippen molar-refractivity contribution in [2.24, 2.45) is 5.92 Å². The van der Waals surface area contributed by atoms with E-state index in [-0.39, 0.29) is 5.91 Å². The first kappa shape index (κ1) is 16.6. The molecular weight excluding hydrogens is 304 g/mol. The van der Waals surface area contributed by atoms with Crippen LogP contribution in [0.15, 0.2) is 24.3 Å². The topological polar surface area (TPSA) is 71.1 Å². The standard InChI is InChI=1S/C18H24N4O2/c1-3-24-12-14-5-4-10-22(11-14)18(23)16-8-6-15(7-9-16)17-19-13(2)20-21-17/h6-9,14H,3-5,10-12H2,1-2H3,(H,19,20,21)/t14-/m1/s1. The van der Waals surface area contributed by atoms with Crippen LogP contribution in [0.5, 0.6) is 0 Å². The molecule has 128 valence electrons. The molecule has 0 saturated carbocycles. The second kappa shape index (κ2) is 7.57. The van der Waals surface area contributed by atoms with Crippen LogP contribution in [-0.4, -0.2) is 52.3 Å². The second-order valence-corrected chi connectivity index (χ2v) is 6.24. The number of aryl methyl sites for hydroxylation is 1. The van der Waals surface area contributed by atoms with Gasteiger partial charge >= 0.3 is 0 Å². The Morgan fingerprint density at radius 2 is 2.17 bits per heavy atom. The van der Waals surface area contributed by atoms with E-state index < -0.39 is 0 Å². The number of rotatable bonds is 5. The van der Waals surface area contributed by atoms with Gasteiger partial charge in [0.1, 0.15) is 5.82 Å². The van der Waals surface area contributed by atoms with Gasteiger partial charge < -0.3 is 9.64 Å². The molecule has 1 aromatic heterocycles. The molecule has 24 heavy (non-hydrogen) atoms. The van der Waals surface area contributed by atoms with Crippen molar-refractivity contribution in [2.75, 3.05) is 26.3 Å². The maximum absolute atomic E-state index is 12.7. The van der Waals surface area contributed by atoms with Crippen LogP contribution >= 0.6 is 0 Å². The lowest BCUT2D eigenvalue weighted by Gasteiger charge is -2.32. The van der Waals surface area contributed by atoms with Crippen LogP contribution in [0.4, 0.5) is 0 Å². The van der Waals surface area contributed by atoms with Gasteiger partial charge in [0.25, 0.3) is 5.91 Å². The molecule has 2 aromatic rings. The summed E-state index contributed by atoms with van der Waals surface area (Å²) in [5.74, 6) is 1.96. The quantitative estimate of drug-likeness (QED) is 0.916. The number of aromatic amines is 1. The first-order valence-corrected chi connectivity index (χ1v) is 8.54. The number of benzene rings is 1. The Morgan fingerprint density at radius 1 is 1.38 bits per heavy atom. The van der Waals surface area contributed by atoms with Gasteiger partial charge in [-0.3, -0.25) is 9.89 Å². The summed E-state index contributed by atoms with van der Waals surface area (Å²) in [6.07, 6.45) is 2.17. The number of hydrogen-bond donors (Lipinski definition) is 1. The third kappa shape index (κ3) is 3.82. The molecule has 1 saturated heterocycles. The molecule has 1 aliphatic rings. The normalized spacial score (nSPS) is 17.9. The van der Waals surface area contributed by atoms with Crippen LogP contribution in [0.25, 0.3) is 11.4 Å². The number of nitrogens with zero attached hydrogens (tertiary/aromatic N) is 3. The summed E-state index contributed by atoms with van der Waals surface area (Å²) in [7, 11) is 0. The van der Waals surface area contributed by atoms with Gasteiger partial charge in [-0.25, -0.2) is 4.98 Å². The summed E-state index contributed by atoms with van der Waals surface area (Å²) >= 11 is 0. The van der Waals surface area contributed by atoms with Crippen molar-refractivity contribution >= 4 is 5.91 Å². The maximum atomic E-state index is 12.7. The maximum Gasteiger partial charge on any atom is 0.253 e. The number of amides is 1. The van der Waals surface area contributed by atoms with E-state index >= 15 is 0 Å². The average Bonchev–Trinajstić information content (AvgIpc) is 3.06. The number of nitrogens with one attached hydrogen (secondary N) is 1. The molecule has 1 amide bonds. The van der Waals surface area contributed by atoms with Crippen LogP contribution in [-0.2, 0) is 4.74 Å². The smallest absolute Gasteiger partial charge is 0.253 e. The van der Waals surface area contributed by atoms with E-state index in [1.807, 2.05) is 43.0 Å². The number of ether oxygens (including phenoxy) is 1. The number of H-pyrrole nitrogens is 1. The summed E-state index contributed by atoms with van der Waals surface area (Å²) in [5.41, 5.74) is 1.62. The Bertz CT molecular complexity index is 681. The zero-order chi connectivity index (χ0) is 16.9. The molecule has 0 aliphatic carbocycles. The van der Waals surface area contributed by atoms with Crippen LogP contribution < -0.4 is 0 Å². The van der Waals surface area contributed by atoms with Gasteiger partial charge in [0.15, 0.2) is 5.82 Å². The third-order valence-corrected chi connectivity index (χ3v) is 4.35. The molecule has 0 bridgehead atoms. The van der Waals surface area contributed by atoms with Crippen LogP contribution in [0.2, 0.25) is 0 Å². The molecule has 2 heterocycles.